The van der Waals surface area contributed by atoms with E-state index in [-0.39, 0.29) is 6.04 Å². The highest BCUT2D eigenvalue weighted by Crippen LogP contribution is 2.22. The lowest BCUT2D eigenvalue weighted by Gasteiger charge is -2.34. The molecule has 19 heavy (non-hydrogen) atoms. The van der Waals surface area contributed by atoms with Crippen LogP contribution in [0.4, 0.5) is 5.82 Å². The highest BCUT2D eigenvalue weighted by atomic mass is 15.2. The van der Waals surface area contributed by atoms with Gasteiger partial charge in [0.25, 0.3) is 0 Å². The van der Waals surface area contributed by atoms with Gasteiger partial charge in [0.1, 0.15) is 5.82 Å². The maximum absolute atomic E-state index is 5.85. The average Bonchev–Trinajstić information content (AvgIpc) is 2.39. The van der Waals surface area contributed by atoms with E-state index in [1.54, 1.807) is 0 Å². The van der Waals surface area contributed by atoms with Crippen LogP contribution in [0.1, 0.15) is 31.4 Å². The molecule has 2 rings (SSSR count). The number of anilines is 1. The molecule has 1 aliphatic rings. The summed E-state index contributed by atoms with van der Waals surface area (Å²) >= 11 is 0. The first kappa shape index (κ1) is 14.3. The van der Waals surface area contributed by atoms with Gasteiger partial charge in [0, 0.05) is 31.9 Å². The lowest BCUT2D eigenvalue weighted by molar-refractivity contribution is 0.284. The Labute approximate surface area is 116 Å². The third kappa shape index (κ3) is 3.91. The summed E-state index contributed by atoms with van der Waals surface area (Å²) in [6.07, 6.45) is 4.43. The second-order valence-corrected chi connectivity index (χ2v) is 5.93. The quantitative estimate of drug-likeness (QED) is 0.900. The summed E-state index contributed by atoms with van der Waals surface area (Å²) in [5, 5.41) is 0. The molecule has 106 valence electrons. The minimum absolute atomic E-state index is 0.0624. The molecule has 2 N–H and O–H groups in total. The lowest BCUT2D eigenvalue weighted by atomic mass is 9.96. The van der Waals surface area contributed by atoms with Crippen molar-refractivity contribution in [3.8, 4) is 0 Å². The molecular formula is C15H26N4. The van der Waals surface area contributed by atoms with Gasteiger partial charge in [0.05, 0.1) is 0 Å². The summed E-state index contributed by atoms with van der Waals surface area (Å²) in [4.78, 5) is 9.22. The number of hydrogen-bond acceptors (Lipinski definition) is 4. The van der Waals surface area contributed by atoms with Crippen molar-refractivity contribution in [1.82, 2.24) is 9.88 Å². The van der Waals surface area contributed by atoms with Crippen molar-refractivity contribution < 1.29 is 0 Å². The Morgan fingerprint density at radius 2 is 2.05 bits per heavy atom. The van der Waals surface area contributed by atoms with E-state index in [1.165, 1.54) is 19.4 Å². The molecular weight excluding hydrogens is 236 g/mol. The number of pyridine rings is 1. The van der Waals surface area contributed by atoms with E-state index in [9.17, 15) is 0 Å². The molecule has 0 unspecified atom stereocenters. The molecule has 1 atom stereocenters. The van der Waals surface area contributed by atoms with Crippen LogP contribution in [0, 0.1) is 5.92 Å². The van der Waals surface area contributed by atoms with Gasteiger partial charge in [0.15, 0.2) is 0 Å². The van der Waals surface area contributed by atoms with E-state index in [0.29, 0.717) is 0 Å². The van der Waals surface area contributed by atoms with Crippen molar-refractivity contribution in [2.24, 2.45) is 11.7 Å². The fourth-order valence-electron chi connectivity index (χ4n) is 2.71. The van der Waals surface area contributed by atoms with E-state index in [2.05, 4.69) is 41.0 Å². The van der Waals surface area contributed by atoms with Crippen molar-refractivity contribution in [1.29, 1.82) is 0 Å². The summed E-state index contributed by atoms with van der Waals surface area (Å²) in [7, 11) is 4.31. The van der Waals surface area contributed by atoms with Crippen LogP contribution in [0.15, 0.2) is 18.3 Å². The minimum Gasteiger partial charge on any atom is -0.357 e. The Morgan fingerprint density at radius 3 is 2.53 bits per heavy atom. The number of nitrogens with zero attached hydrogens (tertiary/aromatic N) is 3. The zero-order valence-corrected chi connectivity index (χ0v) is 12.3. The van der Waals surface area contributed by atoms with Gasteiger partial charge in [-0.05, 0) is 51.4 Å². The van der Waals surface area contributed by atoms with E-state index >= 15 is 0 Å². The van der Waals surface area contributed by atoms with Crippen LogP contribution in [-0.2, 0) is 0 Å². The zero-order chi connectivity index (χ0) is 13.8. The number of rotatable bonds is 4. The average molecular weight is 262 g/mol. The lowest BCUT2D eigenvalue weighted by Crippen LogP contribution is -2.37. The SMILES string of the molecule is C[C@H](N)c1ccc(N2CCC(CN(C)C)CC2)nc1. The Balaban J connectivity index is 1.90. The monoisotopic (exact) mass is 262 g/mol. The summed E-state index contributed by atoms with van der Waals surface area (Å²) in [6, 6.07) is 4.26. The van der Waals surface area contributed by atoms with E-state index < -0.39 is 0 Å². The normalized spacial score (nSPS) is 18.9. The van der Waals surface area contributed by atoms with Crippen molar-refractivity contribution >= 4 is 5.82 Å². The van der Waals surface area contributed by atoms with Crippen LogP contribution in [0.2, 0.25) is 0 Å². The smallest absolute Gasteiger partial charge is 0.128 e. The topological polar surface area (TPSA) is 45.4 Å². The largest absolute Gasteiger partial charge is 0.357 e. The maximum Gasteiger partial charge on any atom is 0.128 e. The molecule has 4 nitrogen and oxygen atoms in total. The van der Waals surface area contributed by atoms with Crippen LogP contribution in [-0.4, -0.2) is 43.6 Å². The first-order valence-electron chi connectivity index (χ1n) is 7.17. The first-order chi connectivity index (χ1) is 9.06. The first-order valence-corrected chi connectivity index (χ1v) is 7.17. The maximum atomic E-state index is 5.85. The van der Waals surface area contributed by atoms with Crippen molar-refractivity contribution in [3.05, 3.63) is 23.9 Å². The van der Waals surface area contributed by atoms with Gasteiger partial charge in [-0.15, -0.1) is 0 Å². The summed E-state index contributed by atoms with van der Waals surface area (Å²) in [5.41, 5.74) is 6.95. The fourth-order valence-corrected chi connectivity index (χ4v) is 2.71. The molecule has 1 aliphatic heterocycles. The molecule has 0 aromatic carbocycles. The highest BCUT2D eigenvalue weighted by Gasteiger charge is 2.20. The van der Waals surface area contributed by atoms with E-state index in [4.69, 9.17) is 5.73 Å². The predicted molar refractivity (Wildman–Crippen MR) is 80.3 cm³/mol. The molecule has 1 aromatic heterocycles. The number of piperidine rings is 1. The molecule has 0 radical (unpaired) electrons. The van der Waals surface area contributed by atoms with Crippen molar-refractivity contribution in [2.75, 3.05) is 38.6 Å². The van der Waals surface area contributed by atoms with Crippen molar-refractivity contribution in [2.45, 2.75) is 25.8 Å². The van der Waals surface area contributed by atoms with Crippen molar-refractivity contribution in [3.63, 3.8) is 0 Å². The second-order valence-electron chi connectivity index (χ2n) is 5.93. The van der Waals surface area contributed by atoms with E-state index in [1.807, 2.05) is 13.1 Å². The van der Waals surface area contributed by atoms with Crippen LogP contribution < -0.4 is 10.6 Å². The Morgan fingerprint density at radius 1 is 1.37 bits per heavy atom. The molecule has 2 heterocycles. The highest BCUT2D eigenvalue weighted by molar-refractivity contribution is 5.40. The third-order valence-corrected chi connectivity index (χ3v) is 3.86. The van der Waals surface area contributed by atoms with Gasteiger partial charge in [-0.25, -0.2) is 4.98 Å². The van der Waals surface area contributed by atoms with E-state index in [0.717, 1.165) is 30.4 Å². The van der Waals surface area contributed by atoms with Gasteiger partial charge in [-0.2, -0.15) is 0 Å². The molecule has 0 aliphatic carbocycles. The van der Waals surface area contributed by atoms with Gasteiger partial charge in [-0.1, -0.05) is 6.07 Å². The minimum atomic E-state index is 0.0624. The number of nitrogens with two attached hydrogens (primary N) is 1. The van der Waals surface area contributed by atoms with Crippen LogP contribution >= 0.6 is 0 Å². The fraction of sp³-hybridized carbons (Fsp3) is 0.667. The Hall–Kier alpha value is -1.13. The molecule has 1 fully saturated rings. The molecule has 0 spiro atoms. The molecule has 4 heteroatoms. The number of aromatic nitrogens is 1. The summed E-state index contributed by atoms with van der Waals surface area (Å²) in [6.45, 7) is 5.42. The standard InChI is InChI=1S/C15H26N4/c1-12(16)14-4-5-15(17-10-14)19-8-6-13(7-9-19)11-18(2)3/h4-5,10,12-13H,6-9,11,16H2,1-3H3/t12-/m0/s1. The van der Waals surface area contributed by atoms with Gasteiger partial charge >= 0.3 is 0 Å². The third-order valence-electron chi connectivity index (χ3n) is 3.86. The molecule has 0 amide bonds. The molecule has 0 bridgehead atoms. The predicted octanol–water partition coefficient (Wildman–Crippen LogP) is 1.88. The van der Waals surface area contributed by atoms with Gasteiger partial charge < -0.3 is 15.5 Å². The van der Waals surface area contributed by atoms with Crippen LogP contribution in [0.25, 0.3) is 0 Å². The van der Waals surface area contributed by atoms with Crippen LogP contribution in [0.5, 0.6) is 0 Å². The second kappa shape index (κ2) is 6.35. The molecule has 1 saturated heterocycles. The van der Waals surface area contributed by atoms with Crippen LogP contribution in [0.3, 0.4) is 0 Å². The number of hydrogen-bond donors (Lipinski definition) is 1. The van der Waals surface area contributed by atoms with Gasteiger partial charge in [0.2, 0.25) is 0 Å². The Kier molecular flexibility index (Phi) is 4.77. The summed E-state index contributed by atoms with van der Waals surface area (Å²) < 4.78 is 0. The van der Waals surface area contributed by atoms with Gasteiger partial charge in [-0.3, -0.25) is 0 Å². The zero-order valence-electron chi connectivity index (χ0n) is 12.3. The Bertz CT molecular complexity index is 378. The molecule has 1 aromatic rings. The summed E-state index contributed by atoms with van der Waals surface area (Å²) in [5.74, 6) is 1.92. The molecule has 0 saturated carbocycles.